The monoisotopic (exact) mass is 234 g/mol. The minimum atomic E-state index is -0.0532. The lowest BCUT2D eigenvalue weighted by Crippen LogP contribution is -2.46. The van der Waals surface area contributed by atoms with E-state index in [1.165, 1.54) is 0 Å². The summed E-state index contributed by atoms with van der Waals surface area (Å²) < 4.78 is 5.38. The number of para-hydroxylation sites is 1. The largest absolute Gasteiger partial charge is 0.484 e. The van der Waals surface area contributed by atoms with Gasteiger partial charge in [-0.2, -0.15) is 0 Å². The second-order valence-electron chi connectivity index (χ2n) is 4.21. The van der Waals surface area contributed by atoms with Crippen molar-refractivity contribution in [3.8, 4) is 5.75 Å². The summed E-state index contributed by atoms with van der Waals surface area (Å²) in [7, 11) is 0. The molecule has 1 amide bonds. The highest BCUT2D eigenvalue weighted by atomic mass is 16.5. The Morgan fingerprint density at radius 2 is 2.24 bits per heavy atom. The lowest BCUT2D eigenvalue weighted by Gasteiger charge is -2.23. The molecule has 0 aromatic heterocycles. The number of rotatable bonds is 4. The Hall–Kier alpha value is -1.55. The first-order valence-electron chi connectivity index (χ1n) is 6.02. The summed E-state index contributed by atoms with van der Waals surface area (Å²) >= 11 is 0. The Bertz CT molecular complexity index is 348. The van der Waals surface area contributed by atoms with E-state index in [4.69, 9.17) is 4.74 Å². The smallest absolute Gasteiger partial charge is 0.258 e. The third-order valence-electron chi connectivity index (χ3n) is 2.78. The molecule has 0 bridgehead atoms. The average molecular weight is 234 g/mol. The van der Waals surface area contributed by atoms with Gasteiger partial charge in [-0.15, -0.1) is 0 Å². The quantitative estimate of drug-likeness (QED) is 0.815. The van der Waals surface area contributed by atoms with Crippen LogP contribution in [0.25, 0.3) is 0 Å². The van der Waals surface area contributed by atoms with Gasteiger partial charge < -0.3 is 15.4 Å². The van der Waals surface area contributed by atoms with Crippen LogP contribution in [0, 0.1) is 0 Å². The van der Waals surface area contributed by atoms with Crippen molar-refractivity contribution in [2.75, 3.05) is 19.7 Å². The first-order valence-corrected chi connectivity index (χ1v) is 6.02. The number of carbonyl (C=O) groups is 1. The maximum Gasteiger partial charge on any atom is 0.258 e. The van der Waals surface area contributed by atoms with E-state index in [0.29, 0.717) is 0 Å². The molecule has 2 N–H and O–H groups in total. The number of hydrogen-bond donors (Lipinski definition) is 2. The van der Waals surface area contributed by atoms with E-state index < -0.39 is 0 Å². The molecule has 1 aliphatic heterocycles. The fourth-order valence-corrected chi connectivity index (χ4v) is 1.91. The maximum atomic E-state index is 11.6. The first kappa shape index (κ1) is 11.9. The zero-order chi connectivity index (χ0) is 11.9. The lowest BCUT2D eigenvalue weighted by atomic mass is 10.1. The van der Waals surface area contributed by atoms with Crippen LogP contribution in [0.5, 0.6) is 5.75 Å². The molecule has 0 unspecified atom stereocenters. The fraction of sp³-hybridized carbons (Fsp3) is 0.462. The van der Waals surface area contributed by atoms with Gasteiger partial charge in [-0.25, -0.2) is 0 Å². The molecule has 1 aromatic rings. The molecule has 1 aromatic carbocycles. The molecule has 17 heavy (non-hydrogen) atoms. The van der Waals surface area contributed by atoms with E-state index in [-0.39, 0.29) is 18.6 Å². The van der Waals surface area contributed by atoms with E-state index in [2.05, 4.69) is 10.6 Å². The van der Waals surface area contributed by atoms with Gasteiger partial charge in [-0.05, 0) is 31.5 Å². The van der Waals surface area contributed by atoms with Crippen LogP contribution in [0.4, 0.5) is 0 Å². The standard InChI is InChI=1S/C13H18N2O2/c16-13(15-11-5-4-8-14-9-11)10-17-12-6-2-1-3-7-12/h1-3,6-7,11,14H,4-5,8-10H2,(H,15,16)/t11-/m1/s1. The van der Waals surface area contributed by atoms with Gasteiger partial charge in [0, 0.05) is 12.6 Å². The molecular formula is C13H18N2O2. The summed E-state index contributed by atoms with van der Waals surface area (Å²) in [4.78, 5) is 11.6. The van der Waals surface area contributed by atoms with E-state index in [0.717, 1.165) is 31.7 Å². The van der Waals surface area contributed by atoms with E-state index >= 15 is 0 Å². The van der Waals surface area contributed by atoms with Crippen molar-refractivity contribution in [3.05, 3.63) is 30.3 Å². The normalized spacial score (nSPS) is 19.6. The van der Waals surface area contributed by atoms with Crippen LogP contribution in [0.15, 0.2) is 30.3 Å². The Balaban J connectivity index is 1.70. The topological polar surface area (TPSA) is 50.4 Å². The predicted molar refractivity (Wildman–Crippen MR) is 66.0 cm³/mol. The van der Waals surface area contributed by atoms with Crippen molar-refractivity contribution in [2.24, 2.45) is 0 Å². The number of carbonyl (C=O) groups excluding carboxylic acids is 1. The highest BCUT2D eigenvalue weighted by Gasteiger charge is 2.15. The van der Waals surface area contributed by atoms with Crippen molar-refractivity contribution in [1.29, 1.82) is 0 Å². The van der Waals surface area contributed by atoms with Crippen LogP contribution in [0.1, 0.15) is 12.8 Å². The van der Waals surface area contributed by atoms with Crippen molar-refractivity contribution < 1.29 is 9.53 Å². The Labute approximate surface area is 101 Å². The van der Waals surface area contributed by atoms with Crippen molar-refractivity contribution in [1.82, 2.24) is 10.6 Å². The van der Waals surface area contributed by atoms with Crippen LogP contribution in [0.2, 0.25) is 0 Å². The summed E-state index contributed by atoms with van der Waals surface area (Å²) in [5.74, 6) is 0.673. The number of nitrogens with one attached hydrogen (secondary N) is 2. The number of benzene rings is 1. The Morgan fingerprint density at radius 3 is 2.94 bits per heavy atom. The van der Waals surface area contributed by atoms with Gasteiger partial charge >= 0.3 is 0 Å². The molecule has 4 heteroatoms. The molecule has 92 valence electrons. The molecule has 2 rings (SSSR count). The van der Waals surface area contributed by atoms with Crippen LogP contribution in [-0.4, -0.2) is 31.6 Å². The molecule has 0 spiro atoms. The molecule has 1 fully saturated rings. The molecule has 4 nitrogen and oxygen atoms in total. The van der Waals surface area contributed by atoms with Gasteiger partial charge in [0.1, 0.15) is 5.75 Å². The molecule has 1 heterocycles. The number of ether oxygens (including phenoxy) is 1. The van der Waals surface area contributed by atoms with Crippen LogP contribution in [-0.2, 0) is 4.79 Å². The fourth-order valence-electron chi connectivity index (χ4n) is 1.91. The molecule has 0 aliphatic carbocycles. The minimum Gasteiger partial charge on any atom is -0.484 e. The van der Waals surface area contributed by atoms with Crippen molar-refractivity contribution in [2.45, 2.75) is 18.9 Å². The Morgan fingerprint density at radius 1 is 1.41 bits per heavy atom. The number of amides is 1. The number of hydrogen-bond acceptors (Lipinski definition) is 3. The van der Waals surface area contributed by atoms with E-state index in [1.54, 1.807) is 0 Å². The van der Waals surface area contributed by atoms with Gasteiger partial charge in [-0.3, -0.25) is 4.79 Å². The first-order chi connectivity index (χ1) is 8.34. The van der Waals surface area contributed by atoms with E-state index in [9.17, 15) is 4.79 Å². The van der Waals surface area contributed by atoms with Crippen molar-refractivity contribution in [3.63, 3.8) is 0 Å². The molecule has 1 saturated heterocycles. The number of piperidine rings is 1. The minimum absolute atomic E-state index is 0.0532. The zero-order valence-electron chi connectivity index (χ0n) is 9.82. The third kappa shape index (κ3) is 4.07. The van der Waals surface area contributed by atoms with Crippen molar-refractivity contribution >= 4 is 5.91 Å². The van der Waals surface area contributed by atoms with Crippen LogP contribution in [0.3, 0.4) is 0 Å². The highest BCUT2D eigenvalue weighted by molar-refractivity contribution is 5.77. The SMILES string of the molecule is O=C(COc1ccccc1)N[C@@H]1CCCNC1. The molecule has 1 atom stereocenters. The van der Waals surface area contributed by atoms with Gasteiger partial charge in [0.2, 0.25) is 0 Å². The summed E-state index contributed by atoms with van der Waals surface area (Å²) in [5, 5.41) is 6.22. The second kappa shape index (κ2) is 6.25. The molecule has 1 aliphatic rings. The van der Waals surface area contributed by atoms with Gasteiger partial charge in [0.05, 0.1) is 0 Å². The molecule has 0 saturated carbocycles. The summed E-state index contributed by atoms with van der Waals surface area (Å²) in [6.07, 6.45) is 2.16. The highest BCUT2D eigenvalue weighted by Crippen LogP contribution is 2.08. The van der Waals surface area contributed by atoms with E-state index in [1.807, 2.05) is 30.3 Å². The van der Waals surface area contributed by atoms with Gasteiger partial charge in [0.25, 0.3) is 5.91 Å². The summed E-state index contributed by atoms with van der Waals surface area (Å²) in [6, 6.07) is 9.62. The summed E-state index contributed by atoms with van der Waals surface area (Å²) in [5.41, 5.74) is 0. The second-order valence-corrected chi connectivity index (χ2v) is 4.21. The Kier molecular flexibility index (Phi) is 4.38. The van der Waals surface area contributed by atoms with Gasteiger partial charge in [-0.1, -0.05) is 18.2 Å². The van der Waals surface area contributed by atoms with Gasteiger partial charge in [0.15, 0.2) is 6.61 Å². The third-order valence-corrected chi connectivity index (χ3v) is 2.78. The predicted octanol–water partition coefficient (Wildman–Crippen LogP) is 0.934. The summed E-state index contributed by atoms with van der Waals surface area (Å²) in [6.45, 7) is 1.99. The maximum absolute atomic E-state index is 11.6. The molecule has 0 radical (unpaired) electrons. The van der Waals surface area contributed by atoms with Crippen LogP contribution < -0.4 is 15.4 Å². The van der Waals surface area contributed by atoms with Crippen LogP contribution >= 0.6 is 0 Å². The zero-order valence-corrected chi connectivity index (χ0v) is 9.82. The lowest BCUT2D eigenvalue weighted by molar-refractivity contribution is -0.123. The molecular weight excluding hydrogens is 216 g/mol. The average Bonchev–Trinajstić information content (AvgIpc) is 2.39.